The zero-order valence-electron chi connectivity index (χ0n) is 11.8. The lowest BCUT2D eigenvalue weighted by atomic mass is 10.1. The van der Waals surface area contributed by atoms with Gasteiger partial charge >= 0.3 is 0 Å². The van der Waals surface area contributed by atoms with Crippen LogP contribution in [0.4, 0.5) is 0 Å². The van der Waals surface area contributed by atoms with Gasteiger partial charge in [0.15, 0.2) is 11.5 Å². The molecule has 22 heavy (non-hydrogen) atoms. The smallest absolute Gasteiger partial charge is 0.278 e. The summed E-state index contributed by atoms with van der Waals surface area (Å²) in [4.78, 5) is 5.65. The van der Waals surface area contributed by atoms with Crippen LogP contribution in [-0.2, 0) is 6.42 Å². The molecule has 116 valence electrons. The fourth-order valence-corrected chi connectivity index (χ4v) is 3.28. The molecule has 2 N–H and O–H groups in total. The number of hydrogen-bond acceptors (Lipinski definition) is 6. The maximum Gasteiger partial charge on any atom is 0.278 e. The predicted molar refractivity (Wildman–Crippen MR) is 86.5 cm³/mol. The number of aromatic nitrogens is 4. The molecule has 0 radical (unpaired) electrons. The van der Waals surface area contributed by atoms with Gasteiger partial charge < -0.3 is 9.84 Å². The van der Waals surface area contributed by atoms with Crippen molar-refractivity contribution in [2.45, 2.75) is 18.8 Å². The molecule has 0 spiro atoms. The number of halogens is 1. The number of hydrogen-bond donors (Lipinski definition) is 2. The summed E-state index contributed by atoms with van der Waals surface area (Å²) < 4.78 is 5.32. The van der Waals surface area contributed by atoms with Crippen LogP contribution in [0.25, 0.3) is 11.6 Å². The van der Waals surface area contributed by atoms with Crippen LogP contribution in [0.3, 0.4) is 0 Å². The molecule has 1 saturated heterocycles. The second-order valence-electron chi connectivity index (χ2n) is 5.17. The lowest BCUT2D eigenvalue weighted by Gasteiger charge is -2.02. The minimum absolute atomic E-state index is 0. The van der Waals surface area contributed by atoms with Crippen molar-refractivity contribution in [3.8, 4) is 11.6 Å². The van der Waals surface area contributed by atoms with Crippen LogP contribution in [0.2, 0.25) is 0 Å². The molecule has 3 aromatic heterocycles. The van der Waals surface area contributed by atoms with Crippen molar-refractivity contribution in [3.63, 3.8) is 0 Å². The van der Waals surface area contributed by atoms with Crippen LogP contribution >= 0.6 is 23.7 Å². The van der Waals surface area contributed by atoms with Crippen LogP contribution in [0.1, 0.15) is 28.7 Å². The van der Waals surface area contributed by atoms with Crippen molar-refractivity contribution in [1.82, 2.24) is 25.7 Å². The Kier molecular flexibility index (Phi) is 4.56. The molecule has 1 fully saturated rings. The molecule has 1 atom stereocenters. The van der Waals surface area contributed by atoms with Gasteiger partial charge in [-0.1, -0.05) is 11.2 Å². The number of H-pyrrole nitrogens is 1. The van der Waals surface area contributed by atoms with Gasteiger partial charge in [0, 0.05) is 29.5 Å². The number of rotatable bonds is 4. The zero-order valence-corrected chi connectivity index (χ0v) is 13.4. The van der Waals surface area contributed by atoms with Crippen LogP contribution in [0.5, 0.6) is 0 Å². The van der Waals surface area contributed by atoms with Gasteiger partial charge in [-0.2, -0.15) is 10.1 Å². The first-order chi connectivity index (χ1) is 10.4. The van der Waals surface area contributed by atoms with Gasteiger partial charge in [0.1, 0.15) is 0 Å². The lowest BCUT2D eigenvalue weighted by molar-refractivity contribution is 0.422. The number of aromatic amines is 1. The van der Waals surface area contributed by atoms with E-state index in [-0.39, 0.29) is 12.4 Å². The Morgan fingerprint density at radius 3 is 3.14 bits per heavy atom. The topological polar surface area (TPSA) is 79.6 Å². The van der Waals surface area contributed by atoms with Crippen molar-refractivity contribution in [2.75, 3.05) is 13.1 Å². The molecule has 1 unspecified atom stereocenters. The van der Waals surface area contributed by atoms with E-state index in [0.717, 1.165) is 30.9 Å². The van der Waals surface area contributed by atoms with Gasteiger partial charge in [-0.3, -0.25) is 5.10 Å². The van der Waals surface area contributed by atoms with E-state index >= 15 is 0 Å². The third-order valence-corrected chi connectivity index (χ3v) is 4.57. The van der Waals surface area contributed by atoms with Gasteiger partial charge in [-0.15, -0.1) is 23.7 Å². The number of thiophene rings is 1. The fraction of sp³-hybridized carbons (Fsp3) is 0.357. The van der Waals surface area contributed by atoms with Gasteiger partial charge in [0.2, 0.25) is 0 Å². The largest absolute Gasteiger partial charge is 0.332 e. The van der Waals surface area contributed by atoms with Gasteiger partial charge in [-0.05, 0) is 30.5 Å². The summed E-state index contributed by atoms with van der Waals surface area (Å²) >= 11 is 1.69. The summed E-state index contributed by atoms with van der Waals surface area (Å²) in [6.07, 6.45) is 1.83. The average molecular weight is 338 g/mol. The van der Waals surface area contributed by atoms with Crippen molar-refractivity contribution in [2.24, 2.45) is 0 Å². The molecule has 4 heterocycles. The van der Waals surface area contributed by atoms with Crippen molar-refractivity contribution >= 4 is 23.7 Å². The van der Waals surface area contributed by atoms with Gasteiger partial charge in [0.25, 0.3) is 5.89 Å². The Labute approximate surface area is 137 Å². The summed E-state index contributed by atoms with van der Waals surface area (Å²) in [6, 6.07) is 6.11. The van der Waals surface area contributed by atoms with E-state index in [1.165, 1.54) is 4.88 Å². The van der Waals surface area contributed by atoms with Crippen molar-refractivity contribution < 1.29 is 4.52 Å². The predicted octanol–water partition coefficient (Wildman–Crippen LogP) is 2.61. The lowest BCUT2D eigenvalue weighted by Crippen LogP contribution is -2.08. The molecule has 1 aliphatic rings. The van der Waals surface area contributed by atoms with Crippen LogP contribution in [0, 0.1) is 0 Å². The zero-order chi connectivity index (χ0) is 14.1. The molecule has 0 bridgehead atoms. The number of nitrogens with one attached hydrogen (secondary N) is 2. The maximum atomic E-state index is 5.32. The maximum absolute atomic E-state index is 5.32. The van der Waals surface area contributed by atoms with E-state index in [1.54, 1.807) is 11.3 Å². The molecule has 4 rings (SSSR count). The normalized spacial score (nSPS) is 17.5. The second kappa shape index (κ2) is 6.60. The quantitative estimate of drug-likeness (QED) is 0.765. The molecule has 6 nitrogen and oxygen atoms in total. The summed E-state index contributed by atoms with van der Waals surface area (Å²) in [6.45, 7) is 2.06. The molecule has 0 saturated carbocycles. The van der Waals surface area contributed by atoms with Crippen molar-refractivity contribution in [1.29, 1.82) is 0 Å². The van der Waals surface area contributed by atoms with E-state index in [9.17, 15) is 0 Å². The first-order valence-electron chi connectivity index (χ1n) is 7.00. The average Bonchev–Trinajstić information content (AvgIpc) is 3.28. The van der Waals surface area contributed by atoms with Crippen LogP contribution in [-0.4, -0.2) is 33.4 Å². The highest BCUT2D eigenvalue weighted by Crippen LogP contribution is 2.24. The molecular weight excluding hydrogens is 322 g/mol. The molecule has 0 aliphatic carbocycles. The van der Waals surface area contributed by atoms with Crippen LogP contribution < -0.4 is 5.32 Å². The van der Waals surface area contributed by atoms with E-state index in [4.69, 9.17) is 4.52 Å². The van der Waals surface area contributed by atoms with Gasteiger partial charge in [0.05, 0.1) is 0 Å². The Balaban J connectivity index is 0.00000144. The Morgan fingerprint density at radius 1 is 1.41 bits per heavy atom. The van der Waals surface area contributed by atoms with E-state index < -0.39 is 0 Å². The molecule has 8 heteroatoms. The Bertz CT molecular complexity index is 717. The highest BCUT2D eigenvalue weighted by Gasteiger charge is 2.20. The number of nitrogens with zero attached hydrogens (tertiary/aromatic N) is 3. The van der Waals surface area contributed by atoms with E-state index in [1.807, 2.05) is 17.5 Å². The fourth-order valence-electron chi connectivity index (χ4n) is 2.57. The Hall–Kier alpha value is -1.70. The summed E-state index contributed by atoms with van der Waals surface area (Å²) in [7, 11) is 0. The van der Waals surface area contributed by atoms with E-state index in [0.29, 0.717) is 24.1 Å². The minimum Gasteiger partial charge on any atom is -0.332 e. The SMILES string of the molecule is Cl.c1csc(Cc2noc(-c3cc(C4CCNC4)[nH]n3)n2)c1. The Morgan fingerprint density at radius 2 is 2.36 bits per heavy atom. The monoisotopic (exact) mass is 337 g/mol. The molecule has 0 amide bonds. The molecule has 3 aromatic rings. The first-order valence-corrected chi connectivity index (χ1v) is 7.88. The standard InChI is InChI=1S/C14H15N5OS.ClH/c1-2-10(21-5-1)6-13-16-14(20-19-13)12-7-11(17-18-12)9-3-4-15-8-9;/h1-2,5,7,9,15H,3-4,6,8H2,(H,17,18);1H. The molecular formula is C14H16ClN5OS. The summed E-state index contributed by atoms with van der Waals surface area (Å²) in [5.41, 5.74) is 1.86. The highest BCUT2D eigenvalue weighted by molar-refractivity contribution is 7.09. The third kappa shape index (κ3) is 3.06. The second-order valence-corrected chi connectivity index (χ2v) is 6.20. The highest BCUT2D eigenvalue weighted by atomic mass is 35.5. The van der Waals surface area contributed by atoms with Crippen molar-refractivity contribution in [3.05, 3.63) is 40.0 Å². The first kappa shape index (κ1) is 15.2. The van der Waals surface area contributed by atoms with Gasteiger partial charge in [-0.25, -0.2) is 0 Å². The minimum atomic E-state index is 0. The van der Waals surface area contributed by atoms with Crippen LogP contribution in [0.15, 0.2) is 28.1 Å². The molecule has 0 aromatic carbocycles. The van der Waals surface area contributed by atoms with E-state index in [2.05, 4.69) is 31.7 Å². The summed E-state index contributed by atoms with van der Waals surface area (Å²) in [5, 5.41) is 16.8. The molecule has 1 aliphatic heterocycles. The summed E-state index contributed by atoms with van der Waals surface area (Å²) in [5.74, 6) is 1.68. The third-order valence-electron chi connectivity index (χ3n) is 3.70.